The molecule has 21 heteroatoms. The van der Waals surface area contributed by atoms with Crippen LogP contribution in [0.15, 0.2) is 176 Å². The number of fused-ring (bicyclic) bond motifs is 6. The molecular formula is C61H29F18N3. The fourth-order valence-electron chi connectivity index (χ4n) is 10.7. The maximum atomic E-state index is 15.0. The van der Waals surface area contributed by atoms with Crippen molar-refractivity contribution in [1.82, 2.24) is 9.13 Å². The van der Waals surface area contributed by atoms with E-state index in [0.29, 0.717) is 53.4 Å². The van der Waals surface area contributed by atoms with E-state index in [1.807, 2.05) is 6.07 Å². The lowest BCUT2D eigenvalue weighted by Gasteiger charge is -2.22. The minimum Gasteiger partial charge on any atom is -0.309 e. The van der Waals surface area contributed by atoms with Crippen LogP contribution in [0.3, 0.4) is 0 Å². The number of alkyl halides is 18. The third kappa shape index (κ3) is 9.48. The molecule has 3 nitrogen and oxygen atoms in total. The number of rotatable bonds is 6. The van der Waals surface area contributed by atoms with E-state index >= 15 is 0 Å². The number of benzene rings is 9. The van der Waals surface area contributed by atoms with Gasteiger partial charge in [-0.15, -0.1) is 0 Å². The molecule has 414 valence electrons. The van der Waals surface area contributed by atoms with Crippen LogP contribution in [0.4, 0.5) is 79.0 Å². The van der Waals surface area contributed by atoms with Gasteiger partial charge in [0.05, 0.1) is 78.5 Å². The van der Waals surface area contributed by atoms with Gasteiger partial charge in [-0.25, -0.2) is 0 Å². The van der Waals surface area contributed by atoms with E-state index in [1.54, 1.807) is 28.8 Å². The van der Waals surface area contributed by atoms with Crippen LogP contribution in [0.1, 0.15) is 38.9 Å². The summed E-state index contributed by atoms with van der Waals surface area (Å²) in [6.07, 6.45) is -31.6. The molecule has 0 fully saturated rings. The first-order chi connectivity index (χ1) is 38.4. The molecule has 0 bridgehead atoms. The summed E-state index contributed by atoms with van der Waals surface area (Å²) in [5, 5.41) is 11.3. The molecule has 9 aromatic carbocycles. The van der Waals surface area contributed by atoms with Crippen molar-refractivity contribution >= 4 is 43.6 Å². The molecule has 0 N–H and O–H groups in total. The Kier molecular flexibility index (Phi) is 12.7. The molecule has 2 aromatic heterocycles. The average Bonchev–Trinajstić information content (AvgIpc) is 2.08. The molecule has 2 heterocycles. The Hall–Kier alpha value is -9.19. The summed E-state index contributed by atoms with van der Waals surface area (Å²) in [4.78, 5) is 0. The topological polar surface area (TPSA) is 33.6 Å². The van der Waals surface area contributed by atoms with Crippen molar-refractivity contribution in [2.45, 2.75) is 37.1 Å². The smallest absolute Gasteiger partial charge is 0.309 e. The third-order valence-corrected chi connectivity index (χ3v) is 14.1. The lowest BCUT2D eigenvalue weighted by molar-refractivity contribution is -0.144. The zero-order valence-electron chi connectivity index (χ0n) is 40.9. The molecular weight excluding hydrogens is 1120 g/mol. The number of hydrogen-bond acceptors (Lipinski definition) is 1. The molecule has 0 atom stereocenters. The van der Waals surface area contributed by atoms with Crippen molar-refractivity contribution in [1.29, 1.82) is 5.26 Å². The molecule has 0 unspecified atom stereocenters. The fraction of sp³-hybridized carbons (Fsp3) is 0.0984. The first-order valence-corrected chi connectivity index (χ1v) is 24.0. The van der Waals surface area contributed by atoms with Gasteiger partial charge in [-0.3, -0.25) is 0 Å². The predicted octanol–water partition coefficient (Wildman–Crippen LogP) is 20.5. The first kappa shape index (κ1) is 54.8. The predicted molar refractivity (Wildman–Crippen MR) is 272 cm³/mol. The quantitative estimate of drug-likeness (QED) is 0.153. The minimum absolute atomic E-state index is 0.00106. The van der Waals surface area contributed by atoms with Gasteiger partial charge < -0.3 is 9.13 Å². The monoisotopic (exact) mass is 1150 g/mol. The molecule has 0 saturated carbocycles. The summed E-state index contributed by atoms with van der Waals surface area (Å²) < 4.78 is 263. The fourth-order valence-corrected chi connectivity index (χ4v) is 10.7. The summed E-state index contributed by atoms with van der Waals surface area (Å²) in [6, 6.07) is 33.3. The lowest BCUT2D eigenvalue weighted by atomic mass is 9.90. The molecule has 82 heavy (non-hydrogen) atoms. The van der Waals surface area contributed by atoms with Gasteiger partial charge in [-0.2, -0.15) is 84.3 Å². The van der Waals surface area contributed by atoms with Crippen LogP contribution in [0.5, 0.6) is 0 Å². The maximum Gasteiger partial charge on any atom is 0.417 e. The molecule has 0 aliphatic carbocycles. The van der Waals surface area contributed by atoms with E-state index in [1.165, 1.54) is 83.4 Å². The molecule has 0 spiro atoms. The van der Waals surface area contributed by atoms with Gasteiger partial charge in [0.1, 0.15) is 0 Å². The van der Waals surface area contributed by atoms with Gasteiger partial charge in [-0.05, 0) is 119 Å². The van der Waals surface area contributed by atoms with Crippen molar-refractivity contribution in [3.8, 4) is 62.0 Å². The van der Waals surface area contributed by atoms with Crippen molar-refractivity contribution in [3.63, 3.8) is 0 Å². The highest BCUT2D eigenvalue weighted by atomic mass is 19.4. The number of halogens is 18. The van der Waals surface area contributed by atoms with Gasteiger partial charge in [-0.1, -0.05) is 84.9 Å². The Bertz CT molecular complexity index is 4410. The van der Waals surface area contributed by atoms with Gasteiger partial charge in [0.2, 0.25) is 0 Å². The molecule has 11 aromatic rings. The Morgan fingerprint density at radius 1 is 0.293 bits per heavy atom. The van der Waals surface area contributed by atoms with Gasteiger partial charge in [0, 0.05) is 38.2 Å². The highest BCUT2D eigenvalue weighted by molar-refractivity contribution is 6.13. The van der Waals surface area contributed by atoms with Crippen molar-refractivity contribution in [2.75, 3.05) is 0 Å². The molecule has 0 aliphatic heterocycles. The number of nitriles is 1. The Balaban J connectivity index is 1.22. The van der Waals surface area contributed by atoms with Crippen molar-refractivity contribution < 1.29 is 79.0 Å². The van der Waals surface area contributed by atoms with Crippen molar-refractivity contribution in [3.05, 3.63) is 215 Å². The van der Waals surface area contributed by atoms with Crippen LogP contribution in [-0.2, 0) is 37.1 Å². The zero-order chi connectivity index (χ0) is 58.8. The number of aromatic nitrogens is 2. The van der Waals surface area contributed by atoms with Crippen LogP contribution in [0.2, 0.25) is 0 Å². The molecule has 0 saturated heterocycles. The largest absolute Gasteiger partial charge is 0.417 e. The maximum absolute atomic E-state index is 15.0. The summed E-state index contributed by atoms with van der Waals surface area (Å²) in [5.74, 6) is 0. The standard InChI is InChI=1S/C61H29F18N3/c62-56(63,64)35-16-20-37(47(28-35)60(74,75)76)32-14-22-51-43(25-32)39-6-1-3-10-49(39)81(51)53-24-31(30-80)12-18-41(53)42-19-13-34(55-45(58(68,69)70)8-5-9-46(55)59(71,72)73)27-54(42)82-50-11-4-2-7-40(50)44-26-33(15-23-52(44)82)38-21-17-36(57(65,66)67)29-48(38)61(77,78)79/h1-29H. The normalized spacial score (nSPS) is 13.0. The van der Waals surface area contributed by atoms with Crippen LogP contribution in [0.25, 0.3) is 99.5 Å². The van der Waals surface area contributed by atoms with Gasteiger partial charge >= 0.3 is 37.1 Å². The zero-order valence-corrected chi connectivity index (χ0v) is 40.9. The second kappa shape index (κ2) is 19.0. The van der Waals surface area contributed by atoms with Crippen LogP contribution < -0.4 is 0 Å². The highest BCUT2D eigenvalue weighted by Crippen LogP contribution is 2.50. The average molecular weight is 1150 g/mol. The lowest BCUT2D eigenvalue weighted by Crippen LogP contribution is -2.14. The summed E-state index contributed by atoms with van der Waals surface area (Å²) >= 11 is 0. The SMILES string of the molecule is N#Cc1ccc(-c2ccc(-c3c(C(F)(F)F)cccc3C(F)(F)F)cc2-n2c3ccccc3c3cc(-c4ccc(C(F)(F)F)cc4C(F)(F)F)ccc32)c(-n2c3ccccc3c3cc(-c4ccc(C(F)(F)F)cc4C(F)(F)F)ccc32)c1. The van der Waals surface area contributed by atoms with Gasteiger partial charge in [0.15, 0.2) is 0 Å². The van der Waals surface area contributed by atoms with E-state index in [9.17, 15) is 84.3 Å². The summed E-state index contributed by atoms with van der Waals surface area (Å²) in [5.41, 5.74) is -12.3. The molecule has 11 rings (SSSR count). The summed E-state index contributed by atoms with van der Waals surface area (Å²) in [6.45, 7) is 0. The summed E-state index contributed by atoms with van der Waals surface area (Å²) in [7, 11) is 0. The van der Waals surface area contributed by atoms with E-state index in [-0.39, 0.29) is 84.0 Å². The Morgan fingerprint density at radius 2 is 0.671 bits per heavy atom. The Morgan fingerprint density at radius 3 is 1.09 bits per heavy atom. The van der Waals surface area contributed by atoms with E-state index in [0.717, 1.165) is 18.2 Å². The molecule has 0 aliphatic rings. The Labute approximate surface area is 449 Å². The highest BCUT2D eigenvalue weighted by Gasteiger charge is 2.43. The second-order valence-electron chi connectivity index (χ2n) is 19.0. The number of para-hydroxylation sites is 2. The van der Waals surface area contributed by atoms with Crippen LogP contribution in [0, 0.1) is 11.3 Å². The van der Waals surface area contributed by atoms with E-state index in [4.69, 9.17) is 0 Å². The minimum atomic E-state index is -5.37. The first-order valence-electron chi connectivity index (χ1n) is 24.0. The van der Waals surface area contributed by atoms with Crippen LogP contribution >= 0.6 is 0 Å². The third-order valence-electron chi connectivity index (χ3n) is 14.1. The van der Waals surface area contributed by atoms with E-state index in [2.05, 4.69) is 0 Å². The molecule has 0 radical (unpaired) electrons. The van der Waals surface area contributed by atoms with E-state index < -0.39 is 92.7 Å². The molecule has 0 amide bonds. The van der Waals surface area contributed by atoms with Gasteiger partial charge in [0.25, 0.3) is 0 Å². The second-order valence-corrected chi connectivity index (χ2v) is 19.0. The van der Waals surface area contributed by atoms with Crippen molar-refractivity contribution in [2.24, 2.45) is 0 Å². The number of nitrogens with zero attached hydrogens (tertiary/aromatic N) is 3. The number of hydrogen-bond donors (Lipinski definition) is 0. The van der Waals surface area contributed by atoms with Crippen LogP contribution in [-0.4, -0.2) is 9.13 Å².